The van der Waals surface area contributed by atoms with Crippen LogP contribution in [0, 0.1) is 5.82 Å². The number of piperazine rings is 1. The molecule has 6 rings (SSSR count). The predicted molar refractivity (Wildman–Crippen MR) is 186 cm³/mol. The number of fused-ring (bicyclic) bond motifs is 3. The van der Waals surface area contributed by atoms with E-state index in [9.17, 15) is 9.59 Å². The lowest BCUT2D eigenvalue weighted by Crippen LogP contribution is -2.56. The SMILES string of the molecule is CC(C)(C)OC(=O)CCOCCCN1CCC[C@H]1COc1nc(N2CC3CCC(C2)N3C(=O)OCc2ccccc2)c2cnc(Cl)c(F)c2n1. The molecule has 14 heteroatoms. The number of rotatable bonds is 13. The van der Waals surface area contributed by atoms with Gasteiger partial charge in [-0.3, -0.25) is 14.6 Å². The summed E-state index contributed by atoms with van der Waals surface area (Å²) in [7, 11) is 0. The van der Waals surface area contributed by atoms with E-state index in [0.29, 0.717) is 44.1 Å². The molecule has 1 amide bonds. The summed E-state index contributed by atoms with van der Waals surface area (Å²) in [6, 6.07) is 9.68. The van der Waals surface area contributed by atoms with Crippen molar-refractivity contribution in [2.45, 2.75) is 89.6 Å². The van der Waals surface area contributed by atoms with Gasteiger partial charge in [-0.1, -0.05) is 41.9 Å². The van der Waals surface area contributed by atoms with Crippen molar-refractivity contribution in [3.8, 4) is 6.01 Å². The minimum Gasteiger partial charge on any atom is -0.462 e. The normalized spacial score (nSPS) is 20.8. The van der Waals surface area contributed by atoms with Gasteiger partial charge in [-0.2, -0.15) is 9.97 Å². The second kappa shape index (κ2) is 16.0. The quantitative estimate of drug-likeness (QED) is 0.122. The minimum atomic E-state index is -0.724. The summed E-state index contributed by atoms with van der Waals surface area (Å²) in [6.45, 7) is 9.73. The second-order valence-corrected chi connectivity index (χ2v) is 14.5. The maximum absolute atomic E-state index is 15.4. The molecule has 0 N–H and O–H groups in total. The zero-order valence-corrected chi connectivity index (χ0v) is 29.7. The van der Waals surface area contributed by atoms with Gasteiger partial charge in [0.2, 0.25) is 0 Å². The number of hydrogen-bond donors (Lipinski definition) is 0. The fourth-order valence-electron chi connectivity index (χ4n) is 7.04. The van der Waals surface area contributed by atoms with Crippen LogP contribution in [0.4, 0.5) is 15.0 Å². The van der Waals surface area contributed by atoms with Gasteiger partial charge in [0, 0.05) is 38.5 Å². The number of amides is 1. The molecule has 270 valence electrons. The molecule has 5 heterocycles. The van der Waals surface area contributed by atoms with Crippen molar-refractivity contribution in [2.24, 2.45) is 0 Å². The molecule has 3 aliphatic heterocycles. The van der Waals surface area contributed by atoms with E-state index in [1.807, 2.05) is 56.0 Å². The van der Waals surface area contributed by atoms with E-state index in [1.165, 1.54) is 6.20 Å². The standard InChI is InChI=1S/C36H46ClFN6O6/c1-36(2,3)50-29(45)14-18-47-17-8-16-42-15-7-11-27(42)23-48-34-40-31-28(19-39-32(37)30(31)38)33(41-34)43-20-25-12-13-26(21-43)44(25)35(46)49-22-24-9-5-4-6-10-24/h4-6,9-10,19,25-27H,7-8,11-18,20-23H2,1-3H3/t25?,26?,27-/m0/s1. The van der Waals surface area contributed by atoms with E-state index in [2.05, 4.69) is 19.8 Å². The lowest BCUT2D eigenvalue weighted by molar-refractivity contribution is -0.156. The first-order valence-corrected chi connectivity index (χ1v) is 17.9. The fourth-order valence-corrected chi connectivity index (χ4v) is 7.18. The molecular formula is C36H46ClFN6O6. The van der Waals surface area contributed by atoms with Crippen molar-refractivity contribution < 1.29 is 32.9 Å². The highest BCUT2D eigenvalue weighted by molar-refractivity contribution is 6.30. The van der Waals surface area contributed by atoms with E-state index in [4.69, 9.17) is 35.5 Å². The van der Waals surface area contributed by atoms with Gasteiger partial charge in [0.05, 0.1) is 30.5 Å². The van der Waals surface area contributed by atoms with Crippen molar-refractivity contribution in [1.82, 2.24) is 24.8 Å². The van der Waals surface area contributed by atoms with E-state index in [1.54, 1.807) is 0 Å². The van der Waals surface area contributed by atoms with Crippen LogP contribution in [0.3, 0.4) is 0 Å². The minimum absolute atomic E-state index is 0.0499. The zero-order valence-electron chi connectivity index (χ0n) is 29.0. The molecule has 3 aromatic rings. The van der Waals surface area contributed by atoms with Crippen LogP contribution >= 0.6 is 11.6 Å². The molecule has 1 aromatic carbocycles. The number of benzene rings is 1. The third kappa shape index (κ3) is 8.91. The van der Waals surface area contributed by atoms with Gasteiger partial charge in [0.1, 0.15) is 30.1 Å². The fraction of sp³-hybridized carbons (Fsp3) is 0.583. The van der Waals surface area contributed by atoms with Crippen molar-refractivity contribution in [3.05, 3.63) is 53.1 Å². The summed E-state index contributed by atoms with van der Waals surface area (Å²) < 4.78 is 38.2. The van der Waals surface area contributed by atoms with Crippen LogP contribution < -0.4 is 9.64 Å². The van der Waals surface area contributed by atoms with Crippen LogP contribution in [0.15, 0.2) is 36.5 Å². The Morgan fingerprint density at radius 2 is 1.80 bits per heavy atom. The first kappa shape index (κ1) is 36.0. The highest BCUT2D eigenvalue weighted by Gasteiger charge is 2.44. The van der Waals surface area contributed by atoms with E-state index in [-0.39, 0.29) is 59.9 Å². The summed E-state index contributed by atoms with van der Waals surface area (Å²) in [5.74, 6) is -0.479. The van der Waals surface area contributed by atoms with Gasteiger partial charge >= 0.3 is 18.1 Å². The number of hydrogen-bond acceptors (Lipinski definition) is 11. The number of carbonyl (C=O) groups excluding carboxylic acids is 2. The number of pyridine rings is 1. The van der Waals surface area contributed by atoms with Crippen molar-refractivity contribution in [1.29, 1.82) is 0 Å². The molecule has 2 bridgehead atoms. The second-order valence-electron chi connectivity index (χ2n) is 14.1. The molecule has 3 aliphatic rings. The van der Waals surface area contributed by atoms with Gasteiger partial charge in [-0.15, -0.1) is 0 Å². The number of anilines is 1. The number of carbonyl (C=O) groups is 2. The number of esters is 1. The number of nitrogens with zero attached hydrogens (tertiary/aromatic N) is 6. The molecule has 0 aliphatic carbocycles. The average molecular weight is 713 g/mol. The molecular weight excluding hydrogens is 667 g/mol. The van der Waals surface area contributed by atoms with Crippen LogP contribution in [0.2, 0.25) is 5.15 Å². The third-order valence-electron chi connectivity index (χ3n) is 9.31. The number of aromatic nitrogens is 3. The average Bonchev–Trinajstić information content (AvgIpc) is 3.65. The van der Waals surface area contributed by atoms with Gasteiger partial charge < -0.3 is 23.8 Å². The van der Waals surface area contributed by atoms with Crippen LogP contribution in [-0.4, -0.2) is 107 Å². The summed E-state index contributed by atoms with van der Waals surface area (Å²) in [6.07, 6.45) is 5.86. The first-order valence-electron chi connectivity index (χ1n) is 17.5. The lowest BCUT2D eigenvalue weighted by Gasteiger charge is -2.41. The molecule has 2 aromatic heterocycles. The Balaban J connectivity index is 1.06. The van der Waals surface area contributed by atoms with Crippen LogP contribution in [0.5, 0.6) is 6.01 Å². The highest BCUT2D eigenvalue weighted by Crippen LogP contribution is 2.37. The monoisotopic (exact) mass is 712 g/mol. The first-order chi connectivity index (χ1) is 24.1. The third-order valence-corrected chi connectivity index (χ3v) is 9.57. The number of ether oxygens (including phenoxy) is 4. The molecule has 50 heavy (non-hydrogen) atoms. The summed E-state index contributed by atoms with van der Waals surface area (Å²) in [4.78, 5) is 44.6. The highest BCUT2D eigenvalue weighted by atomic mass is 35.5. The predicted octanol–water partition coefficient (Wildman–Crippen LogP) is 5.79. The smallest absolute Gasteiger partial charge is 0.410 e. The van der Waals surface area contributed by atoms with Crippen molar-refractivity contribution in [2.75, 3.05) is 50.9 Å². The molecule has 0 radical (unpaired) electrons. The summed E-state index contributed by atoms with van der Waals surface area (Å²) in [5.41, 5.74) is 0.479. The topological polar surface area (TPSA) is 119 Å². The van der Waals surface area contributed by atoms with E-state index >= 15 is 4.39 Å². The molecule has 0 spiro atoms. The van der Waals surface area contributed by atoms with Crippen LogP contribution in [0.1, 0.15) is 64.9 Å². The largest absolute Gasteiger partial charge is 0.462 e. The van der Waals surface area contributed by atoms with Crippen LogP contribution in [0.25, 0.3) is 10.9 Å². The summed E-state index contributed by atoms with van der Waals surface area (Å²) >= 11 is 6.08. The Bertz CT molecular complexity index is 1630. The van der Waals surface area contributed by atoms with Crippen molar-refractivity contribution >= 4 is 40.4 Å². The summed E-state index contributed by atoms with van der Waals surface area (Å²) in [5, 5.41) is 0.169. The lowest BCUT2D eigenvalue weighted by atomic mass is 10.1. The van der Waals surface area contributed by atoms with E-state index in [0.717, 1.165) is 50.8 Å². The van der Waals surface area contributed by atoms with E-state index < -0.39 is 11.4 Å². The zero-order chi connectivity index (χ0) is 35.3. The Morgan fingerprint density at radius 3 is 2.54 bits per heavy atom. The Hall–Kier alpha value is -3.81. The van der Waals surface area contributed by atoms with Crippen LogP contribution in [-0.2, 0) is 25.6 Å². The molecule has 2 unspecified atom stereocenters. The number of halogens is 2. The molecule has 3 saturated heterocycles. The molecule has 12 nitrogen and oxygen atoms in total. The number of likely N-dealkylation sites (tertiary alicyclic amines) is 1. The molecule has 3 fully saturated rings. The van der Waals surface area contributed by atoms with Gasteiger partial charge in [0.25, 0.3) is 0 Å². The Morgan fingerprint density at radius 1 is 1.04 bits per heavy atom. The molecule has 0 saturated carbocycles. The Kier molecular flexibility index (Phi) is 11.5. The maximum atomic E-state index is 15.4. The molecule has 3 atom stereocenters. The maximum Gasteiger partial charge on any atom is 0.410 e. The van der Waals surface area contributed by atoms with Gasteiger partial charge in [0.15, 0.2) is 11.0 Å². The Labute approximate surface area is 297 Å². The van der Waals surface area contributed by atoms with Gasteiger partial charge in [-0.25, -0.2) is 14.2 Å². The van der Waals surface area contributed by atoms with Gasteiger partial charge in [-0.05, 0) is 65.0 Å². The van der Waals surface area contributed by atoms with Crippen molar-refractivity contribution in [3.63, 3.8) is 0 Å².